The number of benzene rings is 1. The molecule has 0 aliphatic carbocycles. The third-order valence-corrected chi connectivity index (χ3v) is 4.33. The zero-order valence-electron chi connectivity index (χ0n) is 15.5. The molecule has 1 fully saturated rings. The second-order valence-electron chi connectivity index (χ2n) is 6.76. The van der Waals surface area contributed by atoms with Crippen LogP contribution in [0.15, 0.2) is 40.8 Å². The molecule has 2 unspecified atom stereocenters. The second-order valence-corrected chi connectivity index (χ2v) is 6.76. The molecular weight excluding hydrogens is 332 g/mol. The minimum atomic E-state index is -0.261. The molecule has 1 N–H and O–H groups in total. The van der Waals surface area contributed by atoms with Gasteiger partial charge in [0.25, 0.3) is 5.91 Å². The highest BCUT2D eigenvalue weighted by atomic mass is 16.5. The maximum absolute atomic E-state index is 12.5. The van der Waals surface area contributed by atoms with Crippen LogP contribution in [-0.4, -0.2) is 43.2 Å². The Balaban J connectivity index is 1.69. The van der Waals surface area contributed by atoms with E-state index in [0.717, 1.165) is 30.9 Å². The Bertz CT molecular complexity index is 733. The number of methoxy groups -OCH3 is 1. The molecule has 0 saturated carbocycles. The maximum Gasteiger partial charge on any atom is 0.291 e. The average molecular weight is 358 g/mol. The summed E-state index contributed by atoms with van der Waals surface area (Å²) in [5, 5.41) is 2.96. The predicted molar refractivity (Wildman–Crippen MR) is 99.1 cm³/mol. The van der Waals surface area contributed by atoms with Crippen LogP contribution in [0.3, 0.4) is 0 Å². The SMILES string of the molecule is COCc1ccc(C(=O)Nc2ccccc2CN2CC(C)OC(C)C2)o1. The van der Waals surface area contributed by atoms with E-state index in [0.29, 0.717) is 12.4 Å². The third-order valence-electron chi connectivity index (χ3n) is 4.33. The van der Waals surface area contributed by atoms with Crippen molar-refractivity contribution in [1.82, 2.24) is 4.90 Å². The Labute approximate surface area is 154 Å². The van der Waals surface area contributed by atoms with Gasteiger partial charge in [-0.05, 0) is 37.6 Å². The number of carbonyl (C=O) groups is 1. The summed E-state index contributed by atoms with van der Waals surface area (Å²) < 4.78 is 16.3. The highest BCUT2D eigenvalue weighted by molar-refractivity contribution is 6.02. The molecule has 1 aliphatic heterocycles. The lowest BCUT2D eigenvalue weighted by atomic mass is 10.1. The number of anilines is 1. The number of carbonyl (C=O) groups excluding carboxylic acids is 1. The van der Waals surface area contributed by atoms with Crippen LogP contribution in [0, 0.1) is 0 Å². The zero-order valence-corrected chi connectivity index (χ0v) is 15.5. The first-order valence-electron chi connectivity index (χ1n) is 8.90. The first-order valence-corrected chi connectivity index (χ1v) is 8.90. The van der Waals surface area contributed by atoms with E-state index in [9.17, 15) is 4.79 Å². The van der Waals surface area contributed by atoms with Crippen LogP contribution >= 0.6 is 0 Å². The minimum absolute atomic E-state index is 0.211. The highest BCUT2D eigenvalue weighted by Crippen LogP contribution is 2.21. The lowest BCUT2D eigenvalue weighted by Crippen LogP contribution is -2.44. The molecule has 1 aromatic carbocycles. The minimum Gasteiger partial charge on any atom is -0.453 e. The Morgan fingerprint density at radius 1 is 1.19 bits per heavy atom. The summed E-state index contributed by atoms with van der Waals surface area (Å²) in [6, 6.07) is 11.3. The van der Waals surface area contributed by atoms with Crippen molar-refractivity contribution in [3.8, 4) is 0 Å². The Morgan fingerprint density at radius 3 is 2.65 bits per heavy atom. The number of furan rings is 1. The summed E-state index contributed by atoms with van der Waals surface area (Å²) in [4.78, 5) is 14.9. The third kappa shape index (κ3) is 4.72. The summed E-state index contributed by atoms with van der Waals surface area (Å²) in [6.45, 7) is 7.05. The molecule has 0 bridgehead atoms. The highest BCUT2D eigenvalue weighted by Gasteiger charge is 2.23. The molecule has 1 amide bonds. The molecule has 6 heteroatoms. The van der Waals surface area contributed by atoms with Gasteiger partial charge >= 0.3 is 0 Å². The van der Waals surface area contributed by atoms with Gasteiger partial charge in [0, 0.05) is 32.4 Å². The number of amides is 1. The molecular formula is C20H26N2O4. The molecule has 2 atom stereocenters. The van der Waals surface area contributed by atoms with Crippen molar-refractivity contribution in [2.24, 2.45) is 0 Å². The average Bonchev–Trinajstić information content (AvgIpc) is 3.05. The van der Waals surface area contributed by atoms with Gasteiger partial charge in [-0.25, -0.2) is 0 Å². The van der Waals surface area contributed by atoms with Crippen LogP contribution in [0.4, 0.5) is 5.69 Å². The van der Waals surface area contributed by atoms with Gasteiger partial charge in [0.2, 0.25) is 0 Å². The molecule has 6 nitrogen and oxygen atoms in total. The summed E-state index contributed by atoms with van der Waals surface area (Å²) in [6.07, 6.45) is 0.422. The number of nitrogens with zero attached hydrogens (tertiary/aromatic N) is 1. The fraction of sp³-hybridized carbons (Fsp3) is 0.450. The number of nitrogens with one attached hydrogen (secondary N) is 1. The van der Waals surface area contributed by atoms with Gasteiger partial charge < -0.3 is 19.2 Å². The first-order chi connectivity index (χ1) is 12.5. The molecule has 3 rings (SSSR count). The Morgan fingerprint density at radius 2 is 1.92 bits per heavy atom. The number of rotatable bonds is 6. The fourth-order valence-electron chi connectivity index (χ4n) is 3.34. The molecule has 26 heavy (non-hydrogen) atoms. The largest absolute Gasteiger partial charge is 0.453 e. The van der Waals surface area contributed by atoms with E-state index < -0.39 is 0 Å². The fourth-order valence-corrected chi connectivity index (χ4v) is 3.34. The van der Waals surface area contributed by atoms with Crippen molar-refractivity contribution >= 4 is 11.6 Å². The summed E-state index contributed by atoms with van der Waals surface area (Å²) in [7, 11) is 1.59. The number of hydrogen-bond donors (Lipinski definition) is 1. The zero-order chi connectivity index (χ0) is 18.5. The molecule has 1 saturated heterocycles. The summed E-state index contributed by atoms with van der Waals surface area (Å²) >= 11 is 0. The number of morpholine rings is 1. The van der Waals surface area contributed by atoms with Gasteiger partial charge in [-0.3, -0.25) is 9.69 Å². The van der Waals surface area contributed by atoms with Crippen LogP contribution in [0.5, 0.6) is 0 Å². The topological polar surface area (TPSA) is 63.9 Å². The first kappa shape index (κ1) is 18.6. The Hall–Kier alpha value is -2.15. The summed E-state index contributed by atoms with van der Waals surface area (Å²) in [5.41, 5.74) is 1.87. The van der Waals surface area contributed by atoms with Crippen LogP contribution in [0.1, 0.15) is 35.7 Å². The molecule has 2 heterocycles. The maximum atomic E-state index is 12.5. The smallest absolute Gasteiger partial charge is 0.291 e. The van der Waals surface area contributed by atoms with Gasteiger partial charge in [-0.1, -0.05) is 18.2 Å². The van der Waals surface area contributed by atoms with Gasteiger partial charge in [-0.2, -0.15) is 0 Å². The van der Waals surface area contributed by atoms with E-state index in [4.69, 9.17) is 13.9 Å². The van der Waals surface area contributed by atoms with Crippen molar-refractivity contribution in [2.45, 2.75) is 39.2 Å². The van der Waals surface area contributed by atoms with Crippen molar-refractivity contribution in [3.63, 3.8) is 0 Å². The van der Waals surface area contributed by atoms with Crippen LogP contribution in [-0.2, 0) is 22.6 Å². The van der Waals surface area contributed by atoms with Crippen LogP contribution in [0.25, 0.3) is 0 Å². The van der Waals surface area contributed by atoms with E-state index in [2.05, 4.69) is 24.1 Å². The number of para-hydroxylation sites is 1. The lowest BCUT2D eigenvalue weighted by molar-refractivity contribution is -0.0704. The summed E-state index contributed by atoms with van der Waals surface area (Å²) in [5.74, 6) is 0.645. The quantitative estimate of drug-likeness (QED) is 0.858. The van der Waals surface area contributed by atoms with E-state index in [1.807, 2.05) is 24.3 Å². The molecule has 0 spiro atoms. The molecule has 1 aliphatic rings. The van der Waals surface area contributed by atoms with Crippen molar-refractivity contribution in [3.05, 3.63) is 53.5 Å². The van der Waals surface area contributed by atoms with Gasteiger partial charge in [0.05, 0.1) is 12.2 Å². The number of ether oxygens (including phenoxy) is 2. The normalized spacial score (nSPS) is 20.9. The molecule has 140 valence electrons. The predicted octanol–water partition coefficient (Wildman–Crippen LogP) is 3.29. The molecule has 1 aromatic heterocycles. The van der Waals surface area contributed by atoms with Gasteiger partial charge in [0.15, 0.2) is 5.76 Å². The van der Waals surface area contributed by atoms with Crippen LogP contribution < -0.4 is 5.32 Å². The standard InChI is InChI=1S/C20H26N2O4/c1-14-10-22(11-15(2)25-14)12-16-6-4-5-7-18(16)21-20(23)19-9-8-17(26-19)13-24-3/h4-9,14-15H,10-13H2,1-3H3,(H,21,23). The Kier molecular flexibility index (Phi) is 6.08. The van der Waals surface area contributed by atoms with Crippen molar-refractivity contribution < 1.29 is 18.7 Å². The van der Waals surface area contributed by atoms with E-state index in [1.165, 1.54) is 0 Å². The van der Waals surface area contributed by atoms with E-state index >= 15 is 0 Å². The van der Waals surface area contributed by atoms with Crippen molar-refractivity contribution in [1.29, 1.82) is 0 Å². The van der Waals surface area contributed by atoms with E-state index in [1.54, 1.807) is 19.2 Å². The van der Waals surface area contributed by atoms with Gasteiger partial charge in [-0.15, -0.1) is 0 Å². The van der Waals surface area contributed by atoms with E-state index in [-0.39, 0.29) is 23.9 Å². The number of hydrogen-bond acceptors (Lipinski definition) is 5. The monoisotopic (exact) mass is 358 g/mol. The lowest BCUT2D eigenvalue weighted by Gasteiger charge is -2.35. The van der Waals surface area contributed by atoms with Crippen molar-refractivity contribution in [2.75, 3.05) is 25.5 Å². The second kappa shape index (κ2) is 8.49. The van der Waals surface area contributed by atoms with Crippen LogP contribution in [0.2, 0.25) is 0 Å². The van der Waals surface area contributed by atoms with Gasteiger partial charge in [0.1, 0.15) is 12.4 Å². The molecule has 0 radical (unpaired) electrons. The molecule has 2 aromatic rings.